The maximum absolute atomic E-state index is 6.70. The molecule has 0 aliphatic carbocycles. The SMILES string of the molecule is c1ccc(N(c2ccccn2)c2cc(Oc3ccc4c5ccccc5n(-c5ccccn5)c4c3)cc3oc4ccccc4c23)cc1. The number of aromatic nitrogens is 3. The summed E-state index contributed by atoms with van der Waals surface area (Å²) in [6, 6.07) is 48.9. The molecule has 0 aliphatic heterocycles. The number of hydrogen-bond donors (Lipinski definition) is 0. The van der Waals surface area contributed by atoms with Gasteiger partial charge in [0.25, 0.3) is 0 Å². The number of fused-ring (bicyclic) bond motifs is 6. The van der Waals surface area contributed by atoms with Gasteiger partial charge in [0.05, 0.1) is 22.1 Å². The van der Waals surface area contributed by atoms with E-state index in [-0.39, 0.29) is 0 Å². The van der Waals surface area contributed by atoms with Crippen molar-refractivity contribution in [3.05, 3.63) is 158 Å². The first kappa shape index (κ1) is 26.0. The molecule has 0 amide bonds. The molecule has 0 aliphatic rings. The summed E-state index contributed by atoms with van der Waals surface area (Å²) in [5.41, 5.74) is 5.53. The molecule has 5 aromatic carbocycles. The number of ether oxygens (including phenoxy) is 1. The molecule has 4 heterocycles. The van der Waals surface area contributed by atoms with Gasteiger partial charge >= 0.3 is 0 Å². The van der Waals surface area contributed by atoms with E-state index in [9.17, 15) is 0 Å². The van der Waals surface area contributed by atoms with Crippen LogP contribution in [0.5, 0.6) is 11.5 Å². The molecule has 0 bridgehead atoms. The van der Waals surface area contributed by atoms with Crippen molar-refractivity contribution in [3.63, 3.8) is 0 Å². The maximum atomic E-state index is 6.70. The number of rotatable bonds is 6. The molecule has 6 nitrogen and oxygen atoms in total. The topological polar surface area (TPSA) is 56.3 Å². The van der Waals surface area contributed by atoms with Gasteiger partial charge in [0.1, 0.15) is 34.3 Å². The van der Waals surface area contributed by atoms with Crippen LogP contribution < -0.4 is 9.64 Å². The first-order valence-electron chi connectivity index (χ1n) is 15.2. The second kappa shape index (κ2) is 10.6. The van der Waals surface area contributed by atoms with Gasteiger partial charge < -0.3 is 9.15 Å². The Hall–Kier alpha value is -6.40. The zero-order chi connectivity index (χ0) is 30.5. The van der Waals surface area contributed by atoms with Crippen molar-refractivity contribution in [1.29, 1.82) is 0 Å². The van der Waals surface area contributed by atoms with E-state index < -0.39 is 0 Å². The van der Waals surface area contributed by atoms with Gasteiger partial charge in [-0.25, -0.2) is 9.97 Å². The first-order chi connectivity index (χ1) is 22.8. The lowest BCUT2D eigenvalue weighted by Crippen LogP contribution is -2.11. The minimum Gasteiger partial charge on any atom is -0.457 e. The summed E-state index contributed by atoms with van der Waals surface area (Å²) >= 11 is 0. The van der Waals surface area contributed by atoms with Crippen LogP contribution in [0.15, 0.2) is 162 Å². The molecular formula is C40H26N4O2. The quantitative estimate of drug-likeness (QED) is 0.192. The number of furan rings is 1. The molecule has 9 rings (SSSR count). The zero-order valence-corrected chi connectivity index (χ0v) is 24.6. The van der Waals surface area contributed by atoms with Gasteiger partial charge in [0, 0.05) is 52.4 Å². The van der Waals surface area contributed by atoms with Crippen LogP contribution in [0, 0.1) is 0 Å². The van der Waals surface area contributed by atoms with E-state index >= 15 is 0 Å². The smallest absolute Gasteiger partial charge is 0.141 e. The molecule has 0 saturated carbocycles. The molecule has 0 saturated heterocycles. The van der Waals surface area contributed by atoms with E-state index in [2.05, 4.69) is 75.1 Å². The molecule has 9 aromatic rings. The van der Waals surface area contributed by atoms with Crippen LogP contribution in [0.2, 0.25) is 0 Å². The molecule has 0 spiro atoms. The van der Waals surface area contributed by atoms with Crippen molar-refractivity contribution < 1.29 is 9.15 Å². The first-order valence-corrected chi connectivity index (χ1v) is 15.2. The second-order valence-corrected chi connectivity index (χ2v) is 11.1. The third-order valence-electron chi connectivity index (χ3n) is 8.32. The minimum atomic E-state index is 0.651. The lowest BCUT2D eigenvalue weighted by atomic mass is 10.1. The molecule has 0 fully saturated rings. The van der Waals surface area contributed by atoms with Gasteiger partial charge in [-0.1, -0.05) is 66.7 Å². The Kier molecular flexibility index (Phi) is 6.03. The lowest BCUT2D eigenvalue weighted by Gasteiger charge is -2.25. The van der Waals surface area contributed by atoms with E-state index in [1.807, 2.05) is 97.3 Å². The Bertz CT molecular complexity index is 2470. The number of benzene rings is 5. The Morgan fingerprint density at radius 1 is 0.543 bits per heavy atom. The van der Waals surface area contributed by atoms with Crippen LogP contribution >= 0.6 is 0 Å². The summed E-state index contributed by atoms with van der Waals surface area (Å²) in [5, 5.41) is 4.31. The van der Waals surface area contributed by atoms with E-state index in [1.54, 1.807) is 0 Å². The molecule has 46 heavy (non-hydrogen) atoms. The Morgan fingerprint density at radius 3 is 2.11 bits per heavy atom. The standard InChI is InChI=1S/C40H26N4O2/c1-2-12-27(13-3-1)43(38-18-8-10-22-41-38)35-25-29(26-37-40(35)32-15-5-7-17-36(32)46-37)45-28-20-21-31-30-14-4-6-16-33(30)44(34(31)24-28)39-19-9-11-23-42-39/h1-26H. The molecule has 0 unspecified atom stereocenters. The van der Waals surface area contributed by atoms with E-state index in [0.717, 1.165) is 66.8 Å². The summed E-state index contributed by atoms with van der Waals surface area (Å²) in [6.45, 7) is 0. The predicted octanol–water partition coefficient (Wildman–Crippen LogP) is 10.7. The molecule has 218 valence electrons. The predicted molar refractivity (Wildman–Crippen MR) is 185 cm³/mol. The monoisotopic (exact) mass is 594 g/mol. The zero-order valence-electron chi connectivity index (χ0n) is 24.6. The van der Waals surface area contributed by atoms with Gasteiger partial charge in [-0.3, -0.25) is 9.47 Å². The van der Waals surface area contributed by atoms with E-state index in [1.165, 1.54) is 0 Å². The van der Waals surface area contributed by atoms with Gasteiger partial charge in [0.2, 0.25) is 0 Å². The summed E-state index contributed by atoms with van der Waals surface area (Å²) in [6.07, 6.45) is 3.63. The van der Waals surface area contributed by atoms with Gasteiger partial charge in [0.15, 0.2) is 0 Å². The van der Waals surface area contributed by atoms with Crippen LogP contribution in [-0.4, -0.2) is 14.5 Å². The maximum Gasteiger partial charge on any atom is 0.141 e. The molecular weight excluding hydrogens is 568 g/mol. The average Bonchev–Trinajstić information content (AvgIpc) is 3.65. The second-order valence-electron chi connectivity index (χ2n) is 11.1. The normalized spacial score (nSPS) is 11.5. The number of hydrogen-bond acceptors (Lipinski definition) is 5. The lowest BCUT2D eigenvalue weighted by molar-refractivity contribution is 0.483. The average molecular weight is 595 g/mol. The van der Waals surface area contributed by atoms with Crippen LogP contribution in [0.1, 0.15) is 0 Å². The minimum absolute atomic E-state index is 0.651. The fraction of sp³-hybridized carbons (Fsp3) is 0. The highest BCUT2D eigenvalue weighted by atomic mass is 16.5. The Morgan fingerprint density at radius 2 is 1.28 bits per heavy atom. The summed E-state index contributed by atoms with van der Waals surface area (Å²) < 4.78 is 15.3. The van der Waals surface area contributed by atoms with Gasteiger partial charge in [-0.05, 0) is 60.7 Å². The van der Waals surface area contributed by atoms with Gasteiger partial charge in [-0.2, -0.15) is 0 Å². The van der Waals surface area contributed by atoms with Crippen LogP contribution in [0.4, 0.5) is 17.2 Å². The molecule has 0 radical (unpaired) electrons. The van der Waals surface area contributed by atoms with Crippen molar-refractivity contribution in [1.82, 2.24) is 14.5 Å². The number of nitrogens with zero attached hydrogens (tertiary/aromatic N) is 4. The summed E-state index contributed by atoms with van der Waals surface area (Å²) in [7, 11) is 0. The largest absolute Gasteiger partial charge is 0.457 e. The summed E-state index contributed by atoms with van der Waals surface area (Å²) in [5.74, 6) is 3.00. The number of anilines is 3. The highest BCUT2D eigenvalue weighted by molar-refractivity contribution is 6.14. The highest BCUT2D eigenvalue weighted by Crippen LogP contribution is 2.45. The molecule has 4 aromatic heterocycles. The summed E-state index contributed by atoms with van der Waals surface area (Å²) in [4.78, 5) is 11.6. The molecule has 6 heteroatoms. The van der Waals surface area contributed by atoms with Crippen molar-refractivity contribution in [3.8, 4) is 17.3 Å². The third-order valence-corrected chi connectivity index (χ3v) is 8.32. The van der Waals surface area contributed by atoms with Crippen LogP contribution in [0.3, 0.4) is 0 Å². The number of pyridine rings is 2. The third kappa shape index (κ3) is 4.27. The van der Waals surface area contributed by atoms with Crippen LogP contribution in [-0.2, 0) is 0 Å². The van der Waals surface area contributed by atoms with Crippen molar-refractivity contribution in [2.24, 2.45) is 0 Å². The van der Waals surface area contributed by atoms with Crippen molar-refractivity contribution >= 4 is 60.9 Å². The number of para-hydroxylation sites is 3. The Labute approximate surface area is 264 Å². The fourth-order valence-electron chi connectivity index (χ4n) is 6.38. The Balaban J connectivity index is 1.25. The fourth-order valence-corrected chi connectivity index (χ4v) is 6.38. The van der Waals surface area contributed by atoms with Crippen molar-refractivity contribution in [2.75, 3.05) is 4.90 Å². The van der Waals surface area contributed by atoms with E-state index in [4.69, 9.17) is 14.1 Å². The van der Waals surface area contributed by atoms with Crippen molar-refractivity contribution in [2.45, 2.75) is 0 Å². The molecule has 0 atom stereocenters. The molecule has 0 N–H and O–H groups in total. The van der Waals surface area contributed by atoms with Gasteiger partial charge in [-0.15, -0.1) is 0 Å². The van der Waals surface area contributed by atoms with Crippen LogP contribution in [0.25, 0.3) is 49.6 Å². The van der Waals surface area contributed by atoms with E-state index in [0.29, 0.717) is 11.5 Å². The highest BCUT2D eigenvalue weighted by Gasteiger charge is 2.22.